The van der Waals surface area contributed by atoms with Crippen molar-refractivity contribution in [1.29, 1.82) is 0 Å². The molecule has 2 aliphatic rings. The monoisotopic (exact) mass is 373 g/mol. The topological polar surface area (TPSA) is 108 Å². The average molecular weight is 373 g/mol. The number of nitrogens with zero attached hydrogens (tertiary/aromatic N) is 3. The van der Waals surface area contributed by atoms with Crippen molar-refractivity contribution in [3.8, 4) is 0 Å². The van der Waals surface area contributed by atoms with Crippen LogP contribution >= 0.6 is 0 Å². The number of anilines is 2. The van der Waals surface area contributed by atoms with Crippen LogP contribution in [-0.2, 0) is 22.6 Å². The van der Waals surface area contributed by atoms with Gasteiger partial charge in [-0.15, -0.1) is 0 Å². The summed E-state index contributed by atoms with van der Waals surface area (Å²) in [4.78, 5) is 38.2. The van der Waals surface area contributed by atoms with E-state index in [0.29, 0.717) is 30.1 Å². The minimum absolute atomic E-state index is 0.0986. The summed E-state index contributed by atoms with van der Waals surface area (Å²) in [6.07, 6.45) is 0.438. The Labute approximate surface area is 153 Å². The molecule has 0 bridgehead atoms. The molecule has 0 atom stereocenters. The molecule has 1 aromatic heterocycles. The van der Waals surface area contributed by atoms with Crippen LogP contribution in [0.4, 0.5) is 20.7 Å². The lowest BCUT2D eigenvalue weighted by atomic mass is 10.1. The molecule has 27 heavy (non-hydrogen) atoms. The van der Waals surface area contributed by atoms with Crippen molar-refractivity contribution in [3.63, 3.8) is 0 Å². The molecule has 9 nitrogen and oxygen atoms in total. The number of para-hydroxylation sites is 1. The highest BCUT2D eigenvalue weighted by Gasteiger charge is 2.33. The number of benzene rings is 1. The van der Waals surface area contributed by atoms with E-state index in [1.807, 2.05) is 0 Å². The van der Waals surface area contributed by atoms with Crippen LogP contribution in [0, 0.1) is 5.82 Å². The highest BCUT2D eigenvalue weighted by atomic mass is 19.1. The quantitative estimate of drug-likeness (QED) is 0.774. The Balaban J connectivity index is 1.48. The maximum atomic E-state index is 13.9. The van der Waals surface area contributed by atoms with Gasteiger partial charge in [0.2, 0.25) is 5.91 Å². The molecule has 140 valence electrons. The van der Waals surface area contributed by atoms with E-state index in [0.717, 1.165) is 4.90 Å². The number of fused-ring (bicyclic) bond motifs is 1. The molecule has 1 aromatic carbocycles. The zero-order chi connectivity index (χ0) is 19.0. The summed E-state index contributed by atoms with van der Waals surface area (Å²) < 4.78 is 19.2. The van der Waals surface area contributed by atoms with Gasteiger partial charge in [-0.3, -0.25) is 14.5 Å². The molecule has 10 heteroatoms. The number of hydrogen-bond donors (Lipinski definition) is 2. The third kappa shape index (κ3) is 3.21. The number of hydrogen-bond acceptors (Lipinski definition) is 6. The number of aromatic nitrogens is 1. The van der Waals surface area contributed by atoms with Gasteiger partial charge in [-0.25, -0.2) is 9.18 Å². The van der Waals surface area contributed by atoms with Crippen LogP contribution in [0.15, 0.2) is 28.8 Å². The first-order chi connectivity index (χ1) is 13.0. The minimum atomic E-state index is -0.571. The number of carbonyl (C=O) groups excluding carboxylic acids is 3. The Hall–Kier alpha value is -3.43. The van der Waals surface area contributed by atoms with E-state index in [4.69, 9.17) is 4.52 Å². The number of amides is 4. The zero-order valence-electron chi connectivity index (χ0n) is 14.2. The first-order valence-electron chi connectivity index (χ1n) is 8.38. The minimum Gasteiger partial charge on any atom is -0.359 e. The van der Waals surface area contributed by atoms with Crippen LogP contribution in [0.3, 0.4) is 0 Å². The Kier molecular flexibility index (Phi) is 4.22. The fourth-order valence-electron chi connectivity index (χ4n) is 3.06. The largest absolute Gasteiger partial charge is 0.359 e. The highest BCUT2D eigenvalue weighted by molar-refractivity contribution is 6.04. The van der Waals surface area contributed by atoms with Crippen LogP contribution in [0.1, 0.15) is 11.3 Å². The van der Waals surface area contributed by atoms with Gasteiger partial charge >= 0.3 is 6.03 Å². The third-order valence-corrected chi connectivity index (χ3v) is 4.54. The van der Waals surface area contributed by atoms with Crippen LogP contribution < -0.4 is 10.6 Å². The molecule has 0 aliphatic carbocycles. The van der Waals surface area contributed by atoms with Crippen LogP contribution in [0.2, 0.25) is 0 Å². The molecular formula is C17H16FN5O4. The average Bonchev–Trinajstić information content (AvgIpc) is 3.21. The second-order valence-electron chi connectivity index (χ2n) is 6.24. The van der Waals surface area contributed by atoms with E-state index < -0.39 is 17.8 Å². The lowest BCUT2D eigenvalue weighted by Crippen LogP contribution is -2.44. The summed E-state index contributed by atoms with van der Waals surface area (Å²) in [7, 11) is 0. The number of imide groups is 1. The summed E-state index contributed by atoms with van der Waals surface area (Å²) in [5.41, 5.74) is 0.895. The molecule has 0 unspecified atom stereocenters. The summed E-state index contributed by atoms with van der Waals surface area (Å²) in [6.45, 7) is 0.155. The maximum absolute atomic E-state index is 13.9. The summed E-state index contributed by atoms with van der Waals surface area (Å²) in [5.74, 6) is -0.269. The molecule has 0 saturated carbocycles. The Morgan fingerprint density at radius 2 is 2.15 bits per heavy atom. The summed E-state index contributed by atoms with van der Waals surface area (Å²) >= 11 is 0. The zero-order valence-corrected chi connectivity index (χ0v) is 14.2. The number of urea groups is 1. The van der Waals surface area contributed by atoms with Gasteiger partial charge in [0.15, 0.2) is 5.82 Å². The van der Waals surface area contributed by atoms with Crippen molar-refractivity contribution < 1.29 is 23.3 Å². The van der Waals surface area contributed by atoms with E-state index >= 15 is 0 Å². The third-order valence-electron chi connectivity index (χ3n) is 4.54. The fourth-order valence-corrected chi connectivity index (χ4v) is 3.06. The Bertz CT molecular complexity index is 912. The van der Waals surface area contributed by atoms with E-state index in [2.05, 4.69) is 15.8 Å². The van der Waals surface area contributed by atoms with Gasteiger partial charge in [0, 0.05) is 13.0 Å². The molecule has 3 heterocycles. The van der Waals surface area contributed by atoms with E-state index in [-0.39, 0.29) is 31.2 Å². The molecular weight excluding hydrogens is 357 g/mol. The molecule has 1 saturated heterocycles. The van der Waals surface area contributed by atoms with Gasteiger partial charge < -0.3 is 20.1 Å². The van der Waals surface area contributed by atoms with E-state index in [9.17, 15) is 18.8 Å². The van der Waals surface area contributed by atoms with Crippen molar-refractivity contribution in [2.75, 3.05) is 25.0 Å². The number of halogens is 1. The van der Waals surface area contributed by atoms with Gasteiger partial charge in [-0.2, -0.15) is 0 Å². The van der Waals surface area contributed by atoms with Crippen molar-refractivity contribution in [2.45, 2.75) is 13.0 Å². The first-order valence-corrected chi connectivity index (χ1v) is 8.38. The molecule has 2 N–H and O–H groups in total. The highest BCUT2D eigenvalue weighted by Crippen LogP contribution is 2.29. The van der Waals surface area contributed by atoms with Crippen LogP contribution in [0.25, 0.3) is 0 Å². The maximum Gasteiger partial charge on any atom is 0.325 e. The summed E-state index contributed by atoms with van der Waals surface area (Å²) in [5, 5.41) is 9.19. The first kappa shape index (κ1) is 17.0. The molecule has 2 aliphatic heterocycles. The second-order valence-corrected chi connectivity index (χ2v) is 6.24. The van der Waals surface area contributed by atoms with Crippen molar-refractivity contribution in [2.24, 2.45) is 0 Å². The van der Waals surface area contributed by atoms with Gasteiger partial charge in [0.1, 0.15) is 18.1 Å². The predicted molar refractivity (Wildman–Crippen MR) is 90.4 cm³/mol. The lowest BCUT2D eigenvalue weighted by Gasteiger charge is -2.27. The van der Waals surface area contributed by atoms with Crippen LogP contribution in [-0.4, -0.2) is 52.4 Å². The van der Waals surface area contributed by atoms with Crippen LogP contribution in [0.5, 0.6) is 0 Å². The molecule has 1 fully saturated rings. The van der Waals surface area contributed by atoms with Gasteiger partial charge in [0.05, 0.1) is 24.3 Å². The van der Waals surface area contributed by atoms with E-state index in [1.54, 1.807) is 18.2 Å². The number of rotatable bonds is 4. The normalized spacial score (nSPS) is 16.3. The predicted octanol–water partition coefficient (Wildman–Crippen LogP) is 0.994. The number of carbonyl (C=O) groups is 3. The fraction of sp³-hybridized carbons (Fsp3) is 0.294. The smallest absolute Gasteiger partial charge is 0.325 e. The second kappa shape index (κ2) is 6.71. The molecule has 0 radical (unpaired) electrons. The van der Waals surface area contributed by atoms with Crippen molar-refractivity contribution in [1.82, 2.24) is 20.3 Å². The van der Waals surface area contributed by atoms with Crippen molar-refractivity contribution >= 4 is 29.4 Å². The van der Waals surface area contributed by atoms with Gasteiger partial charge in [0.25, 0.3) is 5.91 Å². The molecule has 4 rings (SSSR count). The Morgan fingerprint density at radius 1 is 1.33 bits per heavy atom. The summed E-state index contributed by atoms with van der Waals surface area (Å²) in [6, 6.07) is 5.58. The van der Waals surface area contributed by atoms with Gasteiger partial charge in [-0.05, 0) is 12.1 Å². The molecule has 0 spiro atoms. The van der Waals surface area contributed by atoms with Crippen molar-refractivity contribution in [3.05, 3.63) is 41.4 Å². The van der Waals surface area contributed by atoms with Gasteiger partial charge in [-0.1, -0.05) is 17.3 Å². The molecule has 4 amide bonds. The lowest BCUT2D eigenvalue weighted by molar-refractivity contribution is -0.137. The SMILES string of the molecule is O=C(CN1C(=O)CNC1=O)N1CCc2onc(Nc3ccccc3F)c2C1. The number of nitrogens with one attached hydrogen (secondary N) is 2. The standard InChI is InChI=1S/C17H16FN5O4/c18-11-3-1-2-4-12(11)20-16-10-8-22(6-5-13(10)27-21-16)15(25)9-23-14(24)7-19-17(23)26/h1-4H,5-9H2,(H,19,26)(H,20,21). The Morgan fingerprint density at radius 3 is 2.89 bits per heavy atom. The van der Waals surface area contributed by atoms with E-state index in [1.165, 1.54) is 11.0 Å². The molecule has 2 aromatic rings.